The molecule has 0 N–H and O–H groups in total. The predicted molar refractivity (Wildman–Crippen MR) is 30.5 cm³/mol. The first kappa shape index (κ1) is 6.05. The second-order valence-electron chi connectivity index (χ2n) is 2.18. The monoisotopic (exact) mass is 116 g/mol. The number of hydrogen-bond donors (Lipinski definition) is 0. The molecular weight excluding hydrogens is 104 g/mol. The van der Waals surface area contributed by atoms with Crippen molar-refractivity contribution in [3.8, 4) is 0 Å². The van der Waals surface area contributed by atoms with Gasteiger partial charge < -0.3 is 9.47 Å². The number of ether oxygens (including phenoxy) is 2. The Kier molecular flexibility index (Phi) is 1.86. The third-order valence-electron chi connectivity index (χ3n) is 1.47. The molecule has 1 aliphatic rings. The molecule has 0 aliphatic heterocycles. The fraction of sp³-hybridized carbons (Fsp3) is 1.00. The van der Waals surface area contributed by atoms with Gasteiger partial charge in [0.25, 0.3) is 0 Å². The van der Waals surface area contributed by atoms with E-state index in [9.17, 15) is 0 Å². The summed E-state index contributed by atoms with van der Waals surface area (Å²) in [5.74, 6) is 0.685. The minimum absolute atomic E-state index is 0.0648. The van der Waals surface area contributed by atoms with E-state index >= 15 is 0 Å². The van der Waals surface area contributed by atoms with Crippen molar-refractivity contribution >= 4 is 0 Å². The largest absolute Gasteiger partial charge is 0.356 e. The van der Waals surface area contributed by atoms with Crippen molar-refractivity contribution in [2.24, 2.45) is 5.92 Å². The van der Waals surface area contributed by atoms with Gasteiger partial charge in [-0.05, 0) is 12.8 Å². The Morgan fingerprint density at radius 2 is 1.75 bits per heavy atom. The molecule has 0 aromatic carbocycles. The average Bonchev–Trinajstić information content (AvgIpc) is 2.53. The van der Waals surface area contributed by atoms with Crippen molar-refractivity contribution in [2.45, 2.75) is 19.1 Å². The van der Waals surface area contributed by atoms with E-state index in [2.05, 4.69) is 0 Å². The standard InChI is InChI=1S/C6H12O2/c1-7-6(8-2)5-3-4-5/h5-6H,3-4H2,1-2H3. The molecule has 1 rings (SSSR count). The van der Waals surface area contributed by atoms with Crippen LogP contribution in [0.3, 0.4) is 0 Å². The highest BCUT2D eigenvalue weighted by Gasteiger charge is 2.30. The molecule has 0 saturated heterocycles. The van der Waals surface area contributed by atoms with E-state index in [1.807, 2.05) is 0 Å². The van der Waals surface area contributed by atoms with Crippen LogP contribution in [0.4, 0.5) is 0 Å². The lowest BCUT2D eigenvalue weighted by atomic mass is 10.4. The quantitative estimate of drug-likeness (QED) is 0.512. The molecule has 0 aromatic heterocycles. The minimum Gasteiger partial charge on any atom is -0.356 e. The summed E-state index contributed by atoms with van der Waals surface area (Å²) in [6.07, 6.45) is 2.61. The lowest BCUT2D eigenvalue weighted by Gasteiger charge is -2.10. The molecule has 1 fully saturated rings. The summed E-state index contributed by atoms with van der Waals surface area (Å²) >= 11 is 0. The smallest absolute Gasteiger partial charge is 0.159 e. The van der Waals surface area contributed by atoms with E-state index < -0.39 is 0 Å². The van der Waals surface area contributed by atoms with Crippen molar-refractivity contribution in [3.63, 3.8) is 0 Å². The summed E-state index contributed by atoms with van der Waals surface area (Å²) in [6, 6.07) is 0. The molecule has 2 heteroatoms. The Morgan fingerprint density at radius 1 is 1.25 bits per heavy atom. The Labute approximate surface area is 49.8 Å². The van der Waals surface area contributed by atoms with Gasteiger partial charge in [-0.1, -0.05) is 0 Å². The van der Waals surface area contributed by atoms with Gasteiger partial charge in [0, 0.05) is 20.1 Å². The summed E-state index contributed by atoms with van der Waals surface area (Å²) in [5, 5.41) is 0. The van der Waals surface area contributed by atoms with Gasteiger partial charge in [0.1, 0.15) is 0 Å². The van der Waals surface area contributed by atoms with Crippen molar-refractivity contribution in [1.29, 1.82) is 0 Å². The van der Waals surface area contributed by atoms with Crippen LogP contribution in [0.1, 0.15) is 12.8 Å². The highest BCUT2D eigenvalue weighted by molar-refractivity contribution is 4.75. The predicted octanol–water partition coefficient (Wildman–Crippen LogP) is 1.02. The Hall–Kier alpha value is -0.0800. The number of methoxy groups -OCH3 is 2. The SMILES string of the molecule is COC(OC)C1CC1. The Balaban J connectivity index is 2.15. The zero-order chi connectivity index (χ0) is 5.98. The molecule has 0 amide bonds. The van der Waals surface area contributed by atoms with Gasteiger partial charge in [0.15, 0.2) is 6.29 Å². The van der Waals surface area contributed by atoms with Gasteiger partial charge >= 0.3 is 0 Å². The summed E-state index contributed by atoms with van der Waals surface area (Å²) in [7, 11) is 3.37. The second kappa shape index (κ2) is 2.46. The highest BCUT2D eigenvalue weighted by Crippen LogP contribution is 2.33. The lowest BCUT2D eigenvalue weighted by molar-refractivity contribution is -0.115. The third-order valence-corrected chi connectivity index (χ3v) is 1.47. The zero-order valence-corrected chi connectivity index (χ0v) is 5.39. The molecule has 0 unspecified atom stereocenters. The van der Waals surface area contributed by atoms with Crippen molar-refractivity contribution in [2.75, 3.05) is 14.2 Å². The van der Waals surface area contributed by atoms with Gasteiger partial charge in [-0.2, -0.15) is 0 Å². The van der Waals surface area contributed by atoms with E-state index in [4.69, 9.17) is 9.47 Å². The van der Waals surface area contributed by atoms with Crippen LogP contribution in [0.2, 0.25) is 0 Å². The van der Waals surface area contributed by atoms with Crippen LogP contribution in [0, 0.1) is 5.92 Å². The van der Waals surface area contributed by atoms with Crippen molar-refractivity contribution in [1.82, 2.24) is 0 Å². The molecule has 0 bridgehead atoms. The van der Waals surface area contributed by atoms with Crippen LogP contribution in [0.25, 0.3) is 0 Å². The van der Waals surface area contributed by atoms with Gasteiger partial charge in [-0.3, -0.25) is 0 Å². The maximum absolute atomic E-state index is 5.00. The van der Waals surface area contributed by atoms with Gasteiger partial charge in [-0.25, -0.2) is 0 Å². The van der Waals surface area contributed by atoms with Crippen LogP contribution in [0.5, 0.6) is 0 Å². The van der Waals surface area contributed by atoms with Crippen LogP contribution < -0.4 is 0 Å². The van der Waals surface area contributed by atoms with E-state index in [1.54, 1.807) is 14.2 Å². The molecular formula is C6H12O2. The van der Waals surface area contributed by atoms with Crippen molar-refractivity contribution in [3.05, 3.63) is 0 Å². The Morgan fingerprint density at radius 3 is 1.88 bits per heavy atom. The topological polar surface area (TPSA) is 18.5 Å². The van der Waals surface area contributed by atoms with Crippen LogP contribution in [-0.2, 0) is 9.47 Å². The van der Waals surface area contributed by atoms with Gasteiger partial charge in [0.05, 0.1) is 0 Å². The lowest BCUT2D eigenvalue weighted by Crippen LogP contribution is -2.14. The molecule has 1 saturated carbocycles. The van der Waals surface area contributed by atoms with Crippen molar-refractivity contribution < 1.29 is 9.47 Å². The maximum Gasteiger partial charge on any atom is 0.159 e. The van der Waals surface area contributed by atoms with Crippen LogP contribution in [-0.4, -0.2) is 20.5 Å². The summed E-state index contributed by atoms with van der Waals surface area (Å²) < 4.78 is 10.0. The maximum atomic E-state index is 5.00. The molecule has 0 atom stereocenters. The molecule has 48 valence electrons. The molecule has 0 radical (unpaired) electrons. The first-order valence-corrected chi connectivity index (χ1v) is 2.94. The molecule has 0 heterocycles. The first-order valence-electron chi connectivity index (χ1n) is 2.94. The molecule has 0 spiro atoms. The highest BCUT2D eigenvalue weighted by atomic mass is 16.7. The fourth-order valence-electron chi connectivity index (χ4n) is 0.850. The molecule has 0 aromatic rings. The third kappa shape index (κ3) is 1.20. The van der Waals surface area contributed by atoms with E-state index in [1.165, 1.54) is 12.8 Å². The van der Waals surface area contributed by atoms with Crippen LogP contribution >= 0.6 is 0 Å². The minimum atomic E-state index is 0.0648. The van der Waals surface area contributed by atoms with Crippen LogP contribution in [0.15, 0.2) is 0 Å². The number of rotatable bonds is 3. The first-order chi connectivity index (χ1) is 3.88. The zero-order valence-electron chi connectivity index (χ0n) is 5.39. The summed E-state index contributed by atoms with van der Waals surface area (Å²) in [5.41, 5.74) is 0. The second-order valence-corrected chi connectivity index (χ2v) is 2.18. The molecule has 1 aliphatic carbocycles. The van der Waals surface area contributed by atoms with Gasteiger partial charge in [-0.15, -0.1) is 0 Å². The number of hydrogen-bond acceptors (Lipinski definition) is 2. The molecule has 2 nitrogen and oxygen atoms in total. The van der Waals surface area contributed by atoms with E-state index in [-0.39, 0.29) is 6.29 Å². The normalized spacial score (nSPS) is 19.9. The van der Waals surface area contributed by atoms with E-state index in [0.717, 1.165) is 0 Å². The molecule has 8 heavy (non-hydrogen) atoms. The Bertz CT molecular complexity index is 64.9. The summed E-state index contributed by atoms with van der Waals surface area (Å²) in [4.78, 5) is 0. The fourth-order valence-corrected chi connectivity index (χ4v) is 0.850. The summed E-state index contributed by atoms with van der Waals surface area (Å²) in [6.45, 7) is 0. The van der Waals surface area contributed by atoms with E-state index in [0.29, 0.717) is 5.92 Å². The average molecular weight is 116 g/mol. The van der Waals surface area contributed by atoms with Gasteiger partial charge in [0.2, 0.25) is 0 Å².